The van der Waals surface area contributed by atoms with E-state index in [4.69, 9.17) is 4.98 Å². The van der Waals surface area contributed by atoms with Gasteiger partial charge in [0.1, 0.15) is 5.82 Å². The van der Waals surface area contributed by atoms with Gasteiger partial charge in [0.05, 0.1) is 22.5 Å². The lowest BCUT2D eigenvalue weighted by atomic mass is 10.2. The zero-order valence-corrected chi connectivity index (χ0v) is 17.7. The highest BCUT2D eigenvalue weighted by Gasteiger charge is 2.18. The van der Waals surface area contributed by atoms with Crippen LogP contribution in [0.1, 0.15) is 23.1 Å². The summed E-state index contributed by atoms with van der Waals surface area (Å²) in [5.74, 6) is 0.593. The average Bonchev–Trinajstić information content (AvgIpc) is 3.08. The summed E-state index contributed by atoms with van der Waals surface area (Å²) in [4.78, 5) is 32.6. The van der Waals surface area contributed by atoms with Crippen molar-refractivity contribution in [2.45, 2.75) is 13.5 Å². The molecule has 0 aliphatic carbocycles. The van der Waals surface area contributed by atoms with Gasteiger partial charge in [-0.15, -0.1) is 0 Å². The summed E-state index contributed by atoms with van der Waals surface area (Å²) in [7, 11) is 2.01. The molecule has 1 aliphatic heterocycles. The molecule has 0 saturated carbocycles. The van der Waals surface area contributed by atoms with Gasteiger partial charge in [0.25, 0.3) is 11.6 Å². The first-order valence-corrected chi connectivity index (χ1v) is 10.4. The smallest absolute Gasteiger partial charge is 0.270 e. The van der Waals surface area contributed by atoms with Gasteiger partial charge in [-0.2, -0.15) is 0 Å². The minimum Gasteiger partial charge on any atom is -0.330 e. The molecule has 0 atom stereocenters. The quantitative estimate of drug-likeness (QED) is 0.485. The van der Waals surface area contributed by atoms with Crippen LogP contribution in [0.3, 0.4) is 0 Å². The van der Waals surface area contributed by atoms with Crippen molar-refractivity contribution in [2.75, 3.05) is 38.0 Å². The van der Waals surface area contributed by atoms with E-state index < -0.39 is 10.8 Å². The Morgan fingerprint density at radius 3 is 2.58 bits per heavy atom. The number of nitro groups is 1. The van der Waals surface area contributed by atoms with Crippen LogP contribution in [-0.4, -0.2) is 62.9 Å². The molecule has 1 aromatic heterocycles. The summed E-state index contributed by atoms with van der Waals surface area (Å²) >= 11 is 0. The number of carbonyl (C=O) groups is 1. The second-order valence-electron chi connectivity index (χ2n) is 7.76. The number of nitro benzene ring substituents is 1. The number of aryl methyl sites for hydroxylation is 1. The molecule has 4 rings (SSSR count). The molecule has 9 nitrogen and oxygen atoms in total. The van der Waals surface area contributed by atoms with Gasteiger partial charge in [0.15, 0.2) is 0 Å². The Bertz CT molecular complexity index is 1120. The Balaban J connectivity index is 1.49. The molecule has 0 spiro atoms. The van der Waals surface area contributed by atoms with Crippen LogP contribution in [0.15, 0.2) is 42.5 Å². The Morgan fingerprint density at radius 2 is 1.87 bits per heavy atom. The zero-order valence-electron chi connectivity index (χ0n) is 17.7. The number of hydrogen-bond donors (Lipinski definition) is 1. The van der Waals surface area contributed by atoms with Gasteiger partial charge in [-0.05, 0) is 30.8 Å². The van der Waals surface area contributed by atoms with Gasteiger partial charge in [-0.25, -0.2) is 4.98 Å². The number of anilines is 1. The molecular formula is C22H26N6O3. The summed E-state index contributed by atoms with van der Waals surface area (Å²) < 4.78 is 2.09. The molecular weight excluding hydrogens is 396 g/mol. The van der Waals surface area contributed by atoms with Gasteiger partial charge in [-0.1, -0.05) is 13.0 Å². The van der Waals surface area contributed by atoms with Crippen LogP contribution in [0, 0.1) is 10.1 Å². The fraction of sp³-hybridized carbons (Fsp3) is 0.364. The summed E-state index contributed by atoms with van der Waals surface area (Å²) in [5, 5.41) is 13.8. The molecule has 2 heterocycles. The zero-order chi connectivity index (χ0) is 22.0. The molecule has 1 amide bonds. The van der Waals surface area contributed by atoms with Crippen LogP contribution in [0.4, 0.5) is 11.4 Å². The van der Waals surface area contributed by atoms with E-state index in [1.807, 2.05) is 25.2 Å². The number of piperazine rings is 1. The topological polar surface area (TPSA) is 96.5 Å². The summed E-state index contributed by atoms with van der Waals surface area (Å²) in [5.41, 5.74) is 2.53. The van der Waals surface area contributed by atoms with Crippen molar-refractivity contribution in [3.8, 4) is 0 Å². The normalized spacial score (nSPS) is 15.3. The molecule has 0 bridgehead atoms. The lowest BCUT2D eigenvalue weighted by molar-refractivity contribution is -0.384. The number of hydrogen-bond acceptors (Lipinski definition) is 6. The molecule has 162 valence electrons. The molecule has 2 aromatic carbocycles. The molecule has 1 fully saturated rings. The van der Waals surface area contributed by atoms with E-state index >= 15 is 0 Å². The third-order valence-electron chi connectivity index (χ3n) is 5.83. The van der Waals surface area contributed by atoms with E-state index in [-0.39, 0.29) is 11.3 Å². The summed E-state index contributed by atoms with van der Waals surface area (Å²) in [6, 6.07) is 11.3. The minimum absolute atomic E-state index is 0.114. The maximum Gasteiger partial charge on any atom is 0.270 e. The number of carbonyl (C=O) groups excluding carboxylic acids is 1. The van der Waals surface area contributed by atoms with E-state index in [0.29, 0.717) is 5.69 Å². The Kier molecular flexibility index (Phi) is 5.97. The largest absolute Gasteiger partial charge is 0.330 e. The van der Waals surface area contributed by atoms with E-state index in [2.05, 4.69) is 26.6 Å². The predicted molar refractivity (Wildman–Crippen MR) is 119 cm³/mol. The van der Waals surface area contributed by atoms with Gasteiger partial charge in [0.2, 0.25) is 0 Å². The van der Waals surface area contributed by atoms with Crippen molar-refractivity contribution in [2.24, 2.45) is 7.05 Å². The Labute approximate surface area is 180 Å². The van der Waals surface area contributed by atoms with Crippen molar-refractivity contribution in [1.82, 2.24) is 19.4 Å². The highest BCUT2D eigenvalue weighted by Crippen LogP contribution is 2.22. The van der Waals surface area contributed by atoms with Gasteiger partial charge in [0, 0.05) is 56.6 Å². The highest BCUT2D eigenvalue weighted by atomic mass is 16.6. The van der Waals surface area contributed by atoms with Gasteiger partial charge >= 0.3 is 0 Å². The van der Waals surface area contributed by atoms with E-state index in [1.54, 1.807) is 6.07 Å². The molecule has 0 radical (unpaired) electrons. The number of fused-ring (bicyclic) bond motifs is 1. The van der Waals surface area contributed by atoms with Crippen LogP contribution in [0.5, 0.6) is 0 Å². The number of nitrogens with zero attached hydrogens (tertiary/aromatic N) is 5. The molecule has 1 aliphatic rings. The molecule has 1 N–H and O–H groups in total. The maximum absolute atomic E-state index is 12.5. The van der Waals surface area contributed by atoms with Crippen molar-refractivity contribution >= 4 is 28.3 Å². The molecule has 3 aromatic rings. The molecule has 0 unspecified atom stereocenters. The van der Waals surface area contributed by atoms with Crippen molar-refractivity contribution in [1.29, 1.82) is 0 Å². The van der Waals surface area contributed by atoms with E-state index in [9.17, 15) is 14.9 Å². The first-order chi connectivity index (χ1) is 14.9. The standard InChI is InChI=1S/C22H26N6O3/c1-3-26-9-11-27(12-10-26)15-21-24-19-14-17(7-8-20(19)25(21)2)23-22(29)16-5-4-6-18(13-16)28(30)31/h4-8,13-14H,3,9-12,15H2,1-2H3,(H,23,29). The monoisotopic (exact) mass is 422 g/mol. The Hall–Kier alpha value is -3.30. The van der Waals surface area contributed by atoms with E-state index in [0.717, 1.165) is 56.1 Å². The maximum atomic E-state index is 12.5. The molecule has 31 heavy (non-hydrogen) atoms. The molecule has 9 heteroatoms. The SMILES string of the molecule is CCN1CCN(Cc2nc3cc(NC(=O)c4cccc([N+](=O)[O-])c4)ccc3n2C)CC1. The van der Waals surface area contributed by atoms with Crippen LogP contribution in [-0.2, 0) is 13.6 Å². The predicted octanol–water partition coefficient (Wildman–Crippen LogP) is 2.87. The number of aromatic nitrogens is 2. The van der Waals surface area contributed by atoms with Crippen molar-refractivity contribution < 1.29 is 9.72 Å². The number of benzene rings is 2. The summed E-state index contributed by atoms with van der Waals surface area (Å²) in [6.07, 6.45) is 0. The average molecular weight is 422 g/mol. The van der Waals surface area contributed by atoms with Gasteiger partial charge < -0.3 is 14.8 Å². The fourth-order valence-corrected chi connectivity index (χ4v) is 3.90. The number of likely N-dealkylation sites (N-methyl/N-ethyl adjacent to an activating group) is 1. The highest BCUT2D eigenvalue weighted by molar-refractivity contribution is 6.05. The fourth-order valence-electron chi connectivity index (χ4n) is 3.90. The van der Waals surface area contributed by atoms with Crippen LogP contribution < -0.4 is 5.32 Å². The third-order valence-corrected chi connectivity index (χ3v) is 5.83. The minimum atomic E-state index is -0.514. The number of amides is 1. The summed E-state index contributed by atoms with van der Waals surface area (Å²) in [6.45, 7) is 8.28. The lowest BCUT2D eigenvalue weighted by Crippen LogP contribution is -2.45. The van der Waals surface area contributed by atoms with Crippen LogP contribution in [0.25, 0.3) is 11.0 Å². The second kappa shape index (κ2) is 8.83. The van der Waals surface area contributed by atoms with Crippen LogP contribution >= 0.6 is 0 Å². The number of non-ortho nitro benzene ring substituents is 1. The number of imidazole rings is 1. The first kappa shape index (κ1) is 21.0. The van der Waals surface area contributed by atoms with Gasteiger partial charge in [-0.3, -0.25) is 19.8 Å². The van der Waals surface area contributed by atoms with Crippen molar-refractivity contribution in [3.05, 3.63) is 64.0 Å². The first-order valence-electron chi connectivity index (χ1n) is 10.4. The Morgan fingerprint density at radius 1 is 1.13 bits per heavy atom. The number of nitrogens with one attached hydrogen (secondary N) is 1. The van der Waals surface area contributed by atoms with E-state index in [1.165, 1.54) is 18.2 Å². The van der Waals surface area contributed by atoms with Crippen LogP contribution in [0.2, 0.25) is 0 Å². The van der Waals surface area contributed by atoms with Crippen molar-refractivity contribution in [3.63, 3.8) is 0 Å². The number of rotatable bonds is 6. The lowest BCUT2D eigenvalue weighted by Gasteiger charge is -2.33. The second-order valence-corrected chi connectivity index (χ2v) is 7.76. The third kappa shape index (κ3) is 4.57. The molecule has 1 saturated heterocycles.